The van der Waals surface area contributed by atoms with Crippen LogP contribution in [0.25, 0.3) is 11.1 Å². The molecule has 0 saturated heterocycles. The Morgan fingerprint density at radius 3 is 2.48 bits per heavy atom. The number of para-hydroxylation sites is 1. The van der Waals surface area contributed by atoms with Crippen molar-refractivity contribution >= 4 is 5.69 Å². The average Bonchev–Trinajstić information content (AvgIpc) is 2.56. The summed E-state index contributed by atoms with van der Waals surface area (Å²) in [5, 5.41) is 3.06. The summed E-state index contributed by atoms with van der Waals surface area (Å²) >= 11 is 0. The smallest absolute Gasteiger partial charge is 0.147 e. The van der Waals surface area contributed by atoms with Crippen molar-refractivity contribution in [1.82, 2.24) is 4.98 Å². The monoisotopic (exact) mass is 276 g/mol. The van der Waals surface area contributed by atoms with E-state index in [1.54, 1.807) is 12.4 Å². The molecule has 3 aromatic rings. The van der Waals surface area contributed by atoms with E-state index in [0.717, 1.165) is 22.6 Å². The van der Waals surface area contributed by atoms with E-state index in [2.05, 4.69) is 28.5 Å². The van der Waals surface area contributed by atoms with Gasteiger partial charge in [0.15, 0.2) is 0 Å². The van der Waals surface area contributed by atoms with Gasteiger partial charge >= 0.3 is 0 Å². The molecular formula is C18H16N2O. The number of ether oxygens (including phenoxy) is 1. The highest BCUT2D eigenvalue weighted by Crippen LogP contribution is 2.33. The summed E-state index contributed by atoms with van der Waals surface area (Å²) in [5.74, 6) is 1.53. The summed E-state index contributed by atoms with van der Waals surface area (Å²) in [6, 6.07) is 20.1. The molecule has 3 heteroatoms. The predicted octanol–water partition coefficient (Wildman–Crippen LogP) is 4.58. The van der Waals surface area contributed by atoms with E-state index in [4.69, 9.17) is 4.74 Å². The SMILES string of the molecule is CNc1cncc(Oc2ccccc2-c2ccccc2)c1. The molecule has 3 rings (SSSR count). The van der Waals surface area contributed by atoms with Crippen LogP contribution in [0.2, 0.25) is 0 Å². The number of anilines is 1. The standard InChI is InChI=1S/C18H16N2O/c1-19-15-11-16(13-20-12-15)21-18-10-6-5-9-17(18)14-7-3-2-4-8-14/h2-13,19H,1H3. The molecule has 0 atom stereocenters. The molecule has 0 radical (unpaired) electrons. The molecule has 0 aliphatic heterocycles. The number of aromatic nitrogens is 1. The van der Waals surface area contributed by atoms with Crippen LogP contribution in [0.1, 0.15) is 0 Å². The highest BCUT2D eigenvalue weighted by atomic mass is 16.5. The lowest BCUT2D eigenvalue weighted by Gasteiger charge is -2.11. The largest absolute Gasteiger partial charge is 0.455 e. The Hall–Kier alpha value is -2.81. The van der Waals surface area contributed by atoms with E-state index in [1.807, 2.05) is 49.5 Å². The third-order valence-electron chi connectivity index (χ3n) is 3.20. The van der Waals surface area contributed by atoms with E-state index >= 15 is 0 Å². The van der Waals surface area contributed by atoms with E-state index < -0.39 is 0 Å². The van der Waals surface area contributed by atoms with Gasteiger partial charge in [0.2, 0.25) is 0 Å². The quantitative estimate of drug-likeness (QED) is 0.757. The molecule has 0 aliphatic carbocycles. The second-order valence-corrected chi connectivity index (χ2v) is 4.62. The fraction of sp³-hybridized carbons (Fsp3) is 0.0556. The fourth-order valence-corrected chi connectivity index (χ4v) is 2.15. The fourth-order valence-electron chi connectivity index (χ4n) is 2.15. The summed E-state index contributed by atoms with van der Waals surface area (Å²) in [4.78, 5) is 4.17. The Kier molecular flexibility index (Phi) is 3.83. The minimum Gasteiger partial charge on any atom is -0.455 e. The van der Waals surface area contributed by atoms with Crippen LogP contribution < -0.4 is 10.1 Å². The van der Waals surface area contributed by atoms with E-state index in [-0.39, 0.29) is 0 Å². The molecule has 21 heavy (non-hydrogen) atoms. The zero-order valence-corrected chi connectivity index (χ0v) is 11.8. The Morgan fingerprint density at radius 1 is 0.905 bits per heavy atom. The summed E-state index contributed by atoms with van der Waals surface area (Å²) in [7, 11) is 1.86. The van der Waals surface area contributed by atoms with Crippen molar-refractivity contribution in [3.63, 3.8) is 0 Å². The van der Waals surface area contributed by atoms with Crippen molar-refractivity contribution in [1.29, 1.82) is 0 Å². The van der Waals surface area contributed by atoms with Gasteiger partial charge < -0.3 is 10.1 Å². The van der Waals surface area contributed by atoms with Crippen molar-refractivity contribution in [2.75, 3.05) is 12.4 Å². The van der Waals surface area contributed by atoms with Crippen LogP contribution in [0.4, 0.5) is 5.69 Å². The van der Waals surface area contributed by atoms with E-state index in [0.29, 0.717) is 5.75 Å². The van der Waals surface area contributed by atoms with Crippen LogP contribution in [0.3, 0.4) is 0 Å². The number of rotatable bonds is 4. The third kappa shape index (κ3) is 3.03. The Bertz CT molecular complexity index is 726. The van der Waals surface area contributed by atoms with Gasteiger partial charge in [-0.3, -0.25) is 4.98 Å². The average molecular weight is 276 g/mol. The van der Waals surface area contributed by atoms with Crippen LogP contribution in [0, 0.1) is 0 Å². The number of hydrogen-bond acceptors (Lipinski definition) is 3. The normalized spacial score (nSPS) is 10.1. The summed E-state index contributed by atoms with van der Waals surface area (Å²) in [5.41, 5.74) is 3.11. The van der Waals surface area contributed by atoms with Crippen LogP contribution in [0.5, 0.6) is 11.5 Å². The van der Waals surface area contributed by atoms with Gasteiger partial charge in [-0.2, -0.15) is 0 Å². The second kappa shape index (κ2) is 6.09. The number of benzene rings is 2. The first-order valence-electron chi connectivity index (χ1n) is 6.82. The molecular weight excluding hydrogens is 260 g/mol. The molecule has 1 N–H and O–H groups in total. The molecule has 2 aromatic carbocycles. The Labute approximate surface area is 124 Å². The maximum absolute atomic E-state index is 6.00. The first-order valence-corrected chi connectivity index (χ1v) is 6.82. The third-order valence-corrected chi connectivity index (χ3v) is 3.20. The molecule has 0 spiro atoms. The van der Waals surface area contributed by atoms with Crippen LogP contribution in [-0.4, -0.2) is 12.0 Å². The summed E-state index contributed by atoms with van der Waals surface area (Å²) in [6.45, 7) is 0. The maximum atomic E-state index is 6.00. The lowest BCUT2D eigenvalue weighted by Crippen LogP contribution is -1.92. The summed E-state index contributed by atoms with van der Waals surface area (Å²) in [6.07, 6.45) is 3.47. The second-order valence-electron chi connectivity index (χ2n) is 4.62. The lowest BCUT2D eigenvalue weighted by molar-refractivity contribution is 0.482. The Balaban J connectivity index is 1.96. The first kappa shape index (κ1) is 13.2. The molecule has 104 valence electrons. The molecule has 0 saturated carbocycles. The van der Waals surface area contributed by atoms with Gasteiger partial charge in [0.25, 0.3) is 0 Å². The predicted molar refractivity (Wildman–Crippen MR) is 85.7 cm³/mol. The van der Waals surface area contributed by atoms with Gasteiger partial charge in [-0.1, -0.05) is 48.5 Å². The minimum atomic E-state index is 0.713. The van der Waals surface area contributed by atoms with Crippen molar-refractivity contribution in [3.05, 3.63) is 73.1 Å². The molecule has 0 unspecified atom stereocenters. The van der Waals surface area contributed by atoms with Crippen LogP contribution in [-0.2, 0) is 0 Å². The van der Waals surface area contributed by atoms with Gasteiger partial charge in [-0.25, -0.2) is 0 Å². The van der Waals surface area contributed by atoms with Gasteiger partial charge in [-0.15, -0.1) is 0 Å². The molecule has 1 heterocycles. The highest BCUT2D eigenvalue weighted by Gasteiger charge is 2.07. The summed E-state index contributed by atoms with van der Waals surface area (Å²) < 4.78 is 6.00. The molecule has 3 nitrogen and oxygen atoms in total. The molecule has 0 bridgehead atoms. The molecule has 0 amide bonds. The van der Waals surface area contributed by atoms with Crippen molar-refractivity contribution in [2.24, 2.45) is 0 Å². The molecule has 0 fully saturated rings. The number of nitrogens with zero attached hydrogens (tertiary/aromatic N) is 1. The highest BCUT2D eigenvalue weighted by molar-refractivity contribution is 5.70. The maximum Gasteiger partial charge on any atom is 0.147 e. The topological polar surface area (TPSA) is 34.2 Å². The van der Waals surface area contributed by atoms with Crippen LogP contribution >= 0.6 is 0 Å². The van der Waals surface area contributed by atoms with E-state index in [9.17, 15) is 0 Å². The van der Waals surface area contributed by atoms with Gasteiger partial charge in [0.1, 0.15) is 11.5 Å². The molecule has 0 aliphatic rings. The Morgan fingerprint density at radius 2 is 1.67 bits per heavy atom. The number of nitrogens with one attached hydrogen (secondary N) is 1. The number of hydrogen-bond donors (Lipinski definition) is 1. The number of pyridine rings is 1. The first-order chi connectivity index (χ1) is 10.4. The lowest BCUT2D eigenvalue weighted by atomic mass is 10.1. The van der Waals surface area contributed by atoms with Gasteiger partial charge in [0.05, 0.1) is 18.1 Å². The van der Waals surface area contributed by atoms with Crippen molar-refractivity contribution in [3.8, 4) is 22.6 Å². The van der Waals surface area contributed by atoms with Gasteiger partial charge in [0, 0.05) is 18.7 Å². The zero-order chi connectivity index (χ0) is 14.5. The molecule has 1 aromatic heterocycles. The van der Waals surface area contributed by atoms with Crippen LogP contribution in [0.15, 0.2) is 73.1 Å². The van der Waals surface area contributed by atoms with E-state index in [1.165, 1.54) is 0 Å². The minimum absolute atomic E-state index is 0.713. The van der Waals surface area contributed by atoms with Crippen molar-refractivity contribution < 1.29 is 4.74 Å². The van der Waals surface area contributed by atoms with Gasteiger partial charge in [-0.05, 0) is 11.6 Å². The van der Waals surface area contributed by atoms with Crippen molar-refractivity contribution in [2.45, 2.75) is 0 Å². The zero-order valence-electron chi connectivity index (χ0n) is 11.8.